The van der Waals surface area contributed by atoms with Gasteiger partial charge in [-0.05, 0) is 74.6 Å². The maximum absolute atomic E-state index is 5.40. The minimum absolute atomic E-state index is 0. The van der Waals surface area contributed by atoms with E-state index in [4.69, 9.17) is 21.7 Å². The molecule has 0 aromatic heterocycles. The molecule has 6 heteroatoms. The lowest BCUT2D eigenvalue weighted by Gasteiger charge is -2.12. The Balaban J connectivity index is 0.00000264. The van der Waals surface area contributed by atoms with Crippen LogP contribution in [0.5, 0.6) is 11.5 Å². The molecule has 0 aliphatic rings. The summed E-state index contributed by atoms with van der Waals surface area (Å²) in [4.78, 5) is 0. The van der Waals surface area contributed by atoms with E-state index >= 15 is 0 Å². The molecule has 0 aliphatic carbocycles. The van der Waals surface area contributed by atoms with Crippen molar-refractivity contribution in [1.82, 2.24) is 6.15 Å². The lowest BCUT2D eigenvalue weighted by Crippen LogP contribution is -2.18. The highest BCUT2D eigenvalue weighted by molar-refractivity contribution is 7.80. The summed E-state index contributed by atoms with van der Waals surface area (Å²) in [5, 5.41) is 6.80. The van der Waals surface area contributed by atoms with Crippen molar-refractivity contribution in [3.63, 3.8) is 0 Å². The molecule has 23 heavy (non-hydrogen) atoms. The van der Waals surface area contributed by atoms with Gasteiger partial charge in [0, 0.05) is 11.4 Å². The molecule has 0 fully saturated rings. The van der Waals surface area contributed by atoms with Gasteiger partial charge in [0.1, 0.15) is 11.5 Å². The Kier molecular flexibility index (Phi) is 7.87. The third kappa shape index (κ3) is 6.14. The van der Waals surface area contributed by atoms with Crippen LogP contribution in [0.3, 0.4) is 0 Å². The zero-order valence-electron chi connectivity index (χ0n) is 13.5. The van der Waals surface area contributed by atoms with Crippen molar-refractivity contribution in [2.75, 3.05) is 23.8 Å². The van der Waals surface area contributed by atoms with Crippen LogP contribution < -0.4 is 26.3 Å². The maximum Gasteiger partial charge on any atom is 0.175 e. The van der Waals surface area contributed by atoms with Gasteiger partial charge in [-0.3, -0.25) is 0 Å². The van der Waals surface area contributed by atoms with E-state index in [1.54, 1.807) is 0 Å². The van der Waals surface area contributed by atoms with Crippen LogP contribution in [0.2, 0.25) is 0 Å². The molecule has 2 rings (SSSR count). The normalized spacial score (nSPS) is 9.48. The van der Waals surface area contributed by atoms with Crippen LogP contribution in [-0.2, 0) is 0 Å². The number of nitrogens with one attached hydrogen (secondary N) is 2. The minimum Gasteiger partial charge on any atom is -0.494 e. The summed E-state index contributed by atoms with van der Waals surface area (Å²) < 4.78 is 10.8. The third-order valence-corrected chi connectivity index (χ3v) is 3.05. The smallest absolute Gasteiger partial charge is 0.175 e. The van der Waals surface area contributed by atoms with E-state index in [0.717, 1.165) is 22.9 Å². The molecule has 0 saturated heterocycles. The summed E-state index contributed by atoms with van der Waals surface area (Å²) in [7, 11) is 0. The number of ether oxygens (including phenoxy) is 2. The average Bonchev–Trinajstić information content (AvgIpc) is 2.52. The predicted molar refractivity (Wildman–Crippen MR) is 100 cm³/mol. The van der Waals surface area contributed by atoms with Gasteiger partial charge in [-0.1, -0.05) is 0 Å². The molecule has 124 valence electrons. The molecule has 0 saturated carbocycles. The van der Waals surface area contributed by atoms with Crippen LogP contribution in [0.1, 0.15) is 13.8 Å². The molecule has 0 amide bonds. The maximum atomic E-state index is 5.40. The number of hydrogen-bond donors (Lipinski definition) is 3. The van der Waals surface area contributed by atoms with Crippen LogP contribution in [-0.4, -0.2) is 18.3 Å². The van der Waals surface area contributed by atoms with Crippen molar-refractivity contribution in [3.05, 3.63) is 48.5 Å². The second-order valence-corrected chi connectivity index (χ2v) is 4.90. The standard InChI is InChI=1S/C17H20N2O2S.H3N/c1-3-20-15-9-5-13(6-10-15)18-17(22)19-14-7-11-16(12-8-14)21-4-2;/h5-12H,3-4H2,1-2H3,(H2,18,19,22);1H3. The van der Waals surface area contributed by atoms with Crippen molar-refractivity contribution in [2.24, 2.45) is 0 Å². The molecule has 5 N–H and O–H groups in total. The lowest BCUT2D eigenvalue weighted by atomic mass is 10.3. The Hall–Kier alpha value is -2.31. The fourth-order valence-electron chi connectivity index (χ4n) is 1.90. The predicted octanol–water partition coefficient (Wildman–Crippen LogP) is 4.45. The third-order valence-electron chi connectivity index (χ3n) is 2.85. The minimum atomic E-state index is 0. The fourth-order valence-corrected chi connectivity index (χ4v) is 2.13. The molecule has 0 heterocycles. The molecule has 0 radical (unpaired) electrons. The Labute approximate surface area is 142 Å². The number of anilines is 2. The van der Waals surface area contributed by atoms with Gasteiger partial charge in [-0.25, -0.2) is 0 Å². The Morgan fingerprint density at radius 2 is 1.13 bits per heavy atom. The van der Waals surface area contributed by atoms with Gasteiger partial charge in [0.05, 0.1) is 13.2 Å². The molecule has 2 aromatic rings. The van der Waals surface area contributed by atoms with Crippen LogP contribution in [0.4, 0.5) is 11.4 Å². The van der Waals surface area contributed by atoms with Gasteiger partial charge in [0.2, 0.25) is 0 Å². The van der Waals surface area contributed by atoms with Gasteiger partial charge in [0.15, 0.2) is 5.11 Å². The number of thiocarbonyl (C=S) groups is 1. The average molecular weight is 333 g/mol. The summed E-state index contributed by atoms with van der Waals surface area (Å²) in [6.45, 7) is 5.24. The van der Waals surface area contributed by atoms with E-state index in [1.165, 1.54) is 0 Å². The quantitative estimate of drug-likeness (QED) is 0.678. The van der Waals surface area contributed by atoms with E-state index in [9.17, 15) is 0 Å². The number of rotatable bonds is 6. The first kappa shape index (κ1) is 18.7. The largest absolute Gasteiger partial charge is 0.494 e. The first-order valence-corrected chi connectivity index (χ1v) is 7.65. The van der Waals surface area contributed by atoms with Crippen LogP contribution in [0, 0.1) is 0 Å². The summed E-state index contributed by atoms with van der Waals surface area (Å²) in [5.74, 6) is 1.69. The van der Waals surface area contributed by atoms with Crippen molar-refractivity contribution >= 4 is 28.7 Å². The first-order valence-electron chi connectivity index (χ1n) is 7.25. The van der Waals surface area contributed by atoms with Crippen molar-refractivity contribution in [3.8, 4) is 11.5 Å². The molecular weight excluding hydrogens is 310 g/mol. The zero-order valence-corrected chi connectivity index (χ0v) is 14.3. The van der Waals surface area contributed by atoms with Crippen LogP contribution in [0.25, 0.3) is 0 Å². The van der Waals surface area contributed by atoms with E-state index in [0.29, 0.717) is 18.3 Å². The van der Waals surface area contributed by atoms with E-state index in [-0.39, 0.29) is 6.15 Å². The van der Waals surface area contributed by atoms with E-state index < -0.39 is 0 Å². The second kappa shape index (κ2) is 9.66. The highest BCUT2D eigenvalue weighted by Gasteiger charge is 2.00. The number of benzene rings is 2. The molecule has 2 aromatic carbocycles. The molecular formula is C17H23N3O2S. The molecule has 0 unspecified atom stereocenters. The monoisotopic (exact) mass is 333 g/mol. The Morgan fingerprint density at radius 1 is 0.783 bits per heavy atom. The van der Waals surface area contributed by atoms with Crippen LogP contribution in [0.15, 0.2) is 48.5 Å². The lowest BCUT2D eigenvalue weighted by molar-refractivity contribution is 0.340. The van der Waals surface area contributed by atoms with Gasteiger partial charge < -0.3 is 26.3 Å². The molecule has 0 aliphatic heterocycles. The SMILES string of the molecule is CCOc1ccc(NC(=S)Nc2ccc(OCC)cc2)cc1.N. The van der Waals surface area contributed by atoms with Gasteiger partial charge in [0.25, 0.3) is 0 Å². The topological polar surface area (TPSA) is 77.5 Å². The highest BCUT2D eigenvalue weighted by Crippen LogP contribution is 2.18. The molecule has 0 spiro atoms. The second-order valence-electron chi connectivity index (χ2n) is 4.49. The molecule has 0 atom stereocenters. The van der Waals surface area contributed by atoms with Gasteiger partial charge in [-0.15, -0.1) is 0 Å². The Bertz CT molecular complexity index is 547. The fraction of sp³-hybridized carbons (Fsp3) is 0.235. The van der Waals surface area contributed by atoms with Crippen LogP contribution >= 0.6 is 12.2 Å². The first-order chi connectivity index (χ1) is 10.7. The van der Waals surface area contributed by atoms with E-state index in [2.05, 4.69) is 10.6 Å². The molecule has 5 nitrogen and oxygen atoms in total. The van der Waals surface area contributed by atoms with Gasteiger partial charge >= 0.3 is 0 Å². The highest BCUT2D eigenvalue weighted by atomic mass is 32.1. The van der Waals surface area contributed by atoms with E-state index in [1.807, 2.05) is 62.4 Å². The summed E-state index contributed by atoms with van der Waals surface area (Å²) in [5.41, 5.74) is 1.82. The summed E-state index contributed by atoms with van der Waals surface area (Å²) in [6, 6.07) is 15.3. The van der Waals surface area contributed by atoms with Crippen molar-refractivity contribution < 1.29 is 9.47 Å². The Morgan fingerprint density at radius 3 is 1.43 bits per heavy atom. The summed E-state index contributed by atoms with van der Waals surface area (Å²) >= 11 is 5.30. The van der Waals surface area contributed by atoms with Gasteiger partial charge in [-0.2, -0.15) is 0 Å². The van der Waals surface area contributed by atoms with Crippen molar-refractivity contribution in [1.29, 1.82) is 0 Å². The number of hydrogen-bond acceptors (Lipinski definition) is 4. The van der Waals surface area contributed by atoms with Crippen molar-refractivity contribution in [2.45, 2.75) is 13.8 Å². The summed E-state index contributed by atoms with van der Waals surface area (Å²) in [6.07, 6.45) is 0. The molecule has 0 bridgehead atoms. The zero-order chi connectivity index (χ0) is 15.8.